The highest BCUT2D eigenvalue weighted by atomic mass is 35.5. The van der Waals surface area contributed by atoms with Crippen LogP contribution in [0.1, 0.15) is 12.0 Å². The quantitative estimate of drug-likeness (QED) is 0.702. The van der Waals surface area contributed by atoms with E-state index in [0.717, 1.165) is 5.56 Å². The van der Waals surface area contributed by atoms with Gasteiger partial charge in [0.2, 0.25) is 11.8 Å². The van der Waals surface area contributed by atoms with E-state index in [1.165, 1.54) is 18.9 Å². The number of anilines is 1. The van der Waals surface area contributed by atoms with Gasteiger partial charge >= 0.3 is 0 Å². The van der Waals surface area contributed by atoms with Crippen molar-refractivity contribution in [2.45, 2.75) is 18.6 Å². The number of hydrogen-bond donors (Lipinski definition) is 2. The van der Waals surface area contributed by atoms with Crippen LogP contribution in [0.2, 0.25) is 5.02 Å². The number of hydrogen-bond acceptors (Lipinski definition) is 6. The maximum Gasteiger partial charge on any atom is 0.240 e. The summed E-state index contributed by atoms with van der Waals surface area (Å²) < 4.78 is 10.1. The summed E-state index contributed by atoms with van der Waals surface area (Å²) in [4.78, 5) is 28.5. The standard InChI is InChI=1S/C16H20ClN3O4S/c1-9-6-11(12(24-3)7-10(9)17)19-14(21)8-13-15(22)20-16(25-13)18-4-5-23-2/h6-7,13H,4-5,8H2,1-3H3,(H,19,21)(H,18,20,22). The van der Waals surface area contributed by atoms with Crippen LogP contribution < -0.4 is 15.4 Å². The number of aryl methyl sites for hydroxylation is 1. The van der Waals surface area contributed by atoms with E-state index in [1.54, 1.807) is 19.2 Å². The number of amides is 2. The van der Waals surface area contributed by atoms with E-state index < -0.39 is 5.25 Å². The minimum absolute atomic E-state index is 0.0324. The summed E-state index contributed by atoms with van der Waals surface area (Å²) >= 11 is 7.30. The maximum absolute atomic E-state index is 12.3. The smallest absolute Gasteiger partial charge is 0.240 e. The van der Waals surface area contributed by atoms with Gasteiger partial charge in [-0.2, -0.15) is 0 Å². The predicted octanol–water partition coefficient (Wildman–Crippen LogP) is 2.22. The van der Waals surface area contributed by atoms with Gasteiger partial charge in [-0.1, -0.05) is 23.4 Å². The molecule has 1 aliphatic heterocycles. The Labute approximate surface area is 155 Å². The molecule has 1 unspecified atom stereocenters. The number of amidine groups is 1. The Balaban J connectivity index is 1.98. The van der Waals surface area contributed by atoms with Crippen LogP contribution in [-0.2, 0) is 14.3 Å². The van der Waals surface area contributed by atoms with E-state index in [4.69, 9.17) is 21.1 Å². The number of carbonyl (C=O) groups excluding carboxylic acids is 2. The van der Waals surface area contributed by atoms with Crippen LogP contribution in [-0.4, -0.2) is 49.6 Å². The molecule has 0 bridgehead atoms. The zero-order valence-electron chi connectivity index (χ0n) is 14.2. The molecule has 25 heavy (non-hydrogen) atoms. The Morgan fingerprint density at radius 1 is 1.44 bits per heavy atom. The molecular weight excluding hydrogens is 366 g/mol. The molecule has 1 saturated heterocycles. The summed E-state index contributed by atoms with van der Waals surface area (Å²) in [6.07, 6.45) is 0.0324. The third-order valence-electron chi connectivity index (χ3n) is 3.45. The lowest BCUT2D eigenvalue weighted by atomic mass is 10.2. The molecule has 0 radical (unpaired) electrons. The number of thioether (sulfide) groups is 1. The van der Waals surface area contributed by atoms with Gasteiger partial charge in [-0.05, 0) is 18.6 Å². The van der Waals surface area contributed by atoms with Crippen LogP contribution in [0.15, 0.2) is 17.1 Å². The summed E-state index contributed by atoms with van der Waals surface area (Å²) in [6, 6.07) is 3.38. The van der Waals surface area contributed by atoms with Gasteiger partial charge in [-0.3, -0.25) is 14.6 Å². The first-order chi connectivity index (χ1) is 11.9. The number of methoxy groups -OCH3 is 2. The number of nitrogens with one attached hydrogen (secondary N) is 2. The van der Waals surface area contributed by atoms with E-state index in [-0.39, 0.29) is 18.2 Å². The molecule has 1 aromatic carbocycles. The van der Waals surface area contributed by atoms with Gasteiger partial charge in [0.1, 0.15) is 11.0 Å². The molecule has 136 valence electrons. The molecule has 0 saturated carbocycles. The van der Waals surface area contributed by atoms with Gasteiger partial charge < -0.3 is 20.1 Å². The van der Waals surface area contributed by atoms with Gasteiger partial charge in [-0.25, -0.2) is 0 Å². The molecule has 2 amide bonds. The monoisotopic (exact) mass is 385 g/mol. The number of carbonyl (C=O) groups is 2. The fourth-order valence-electron chi connectivity index (χ4n) is 2.15. The van der Waals surface area contributed by atoms with E-state index >= 15 is 0 Å². The second-order valence-electron chi connectivity index (χ2n) is 5.33. The summed E-state index contributed by atoms with van der Waals surface area (Å²) in [5.41, 5.74) is 1.34. The molecule has 9 heteroatoms. The van der Waals surface area contributed by atoms with Crippen molar-refractivity contribution in [3.05, 3.63) is 22.7 Å². The number of benzene rings is 1. The van der Waals surface area contributed by atoms with E-state index in [1.807, 2.05) is 6.92 Å². The highest BCUT2D eigenvalue weighted by Gasteiger charge is 2.32. The molecule has 2 rings (SSSR count). The molecular formula is C16H20ClN3O4S. The first kappa shape index (κ1) is 19.6. The van der Waals surface area contributed by atoms with Crippen LogP contribution >= 0.6 is 23.4 Å². The largest absolute Gasteiger partial charge is 0.495 e. The van der Waals surface area contributed by atoms with E-state index in [0.29, 0.717) is 34.8 Å². The van der Waals surface area contributed by atoms with E-state index in [2.05, 4.69) is 15.6 Å². The Morgan fingerprint density at radius 3 is 2.88 bits per heavy atom. The summed E-state index contributed by atoms with van der Waals surface area (Å²) in [5, 5.41) is 5.99. The zero-order chi connectivity index (χ0) is 18.4. The van der Waals surface area contributed by atoms with Crippen LogP contribution in [0.3, 0.4) is 0 Å². The third-order valence-corrected chi connectivity index (χ3v) is 4.98. The van der Waals surface area contributed by atoms with Crippen molar-refractivity contribution in [3.8, 4) is 5.75 Å². The third kappa shape index (κ3) is 5.35. The van der Waals surface area contributed by atoms with Crippen molar-refractivity contribution in [1.29, 1.82) is 0 Å². The van der Waals surface area contributed by atoms with Crippen LogP contribution in [0.5, 0.6) is 5.75 Å². The number of rotatable bonds is 7. The van der Waals surface area contributed by atoms with Gasteiger partial charge in [0.25, 0.3) is 0 Å². The second-order valence-corrected chi connectivity index (χ2v) is 6.93. The van der Waals surface area contributed by atoms with Crippen LogP contribution in [0.25, 0.3) is 0 Å². The molecule has 0 aromatic heterocycles. The first-order valence-corrected chi connectivity index (χ1v) is 8.85. The number of halogens is 1. The highest BCUT2D eigenvalue weighted by molar-refractivity contribution is 8.15. The fraction of sp³-hybridized carbons (Fsp3) is 0.438. The lowest BCUT2D eigenvalue weighted by molar-refractivity contribution is -0.122. The Hall–Kier alpha value is -1.77. The lowest BCUT2D eigenvalue weighted by Gasteiger charge is -2.13. The average molecular weight is 386 g/mol. The predicted molar refractivity (Wildman–Crippen MR) is 99.7 cm³/mol. The van der Waals surface area contributed by atoms with Gasteiger partial charge in [0.15, 0.2) is 5.17 Å². The molecule has 1 fully saturated rings. The Kier molecular flexibility index (Phi) is 7.10. The molecule has 1 aromatic rings. The molecule has 0 aliphatic carbocycles. The van der Waals surface area contributed by atoms with E-state index in [9.17, 15) is 9.59 Å². The minimum Gasteiger partial charge on any atom is -0.495 e. The number of nitrogens with zero attached hydrogens (tertiary/aromatic N) is 1. The Morgan fingerprint density at radius 2 is 2.20 bits per heavy atom. The first-order valence-electron chi connectivity index (χ1n) is 7.59. The van der Waals surface area contributed by atoms with Crippen molar-refractivity contribution in [2.24, 2.45) is 4.99 Å². The summed E-state index contributed by atoms with van der Waals surface area (Å²) in [5.74, 6) is -0.0457. The lowest BCUT2D eigenvalue weighted by Crippen LogP contribution is -2.28. The Bertz CT molecular complexity index is 696. The molecule has 1 heterocycles. The van der Waals surface area contributed by atoms with Crippen LogP contribution in [0.4, 0.5) is 5.69 Å². The zero-order valence-corrected chi connectivity index (χ0v) is 15.8. The SMILES string of the molecule is COCCN=C1NC(=O)C(CC(=O)Nc2cc(C)c(Cl)cc2OC)S1. The van der Waals surface area contributed by atoms with Gasteiger partial charge in [0.05, 0.1) is 25.9 Å². The van der Waals surface area contributed by atoms with Crippen molar-refractivity contribution in [3.63, 3.8) is 0 Å². The normalized spacial score (nSPS) is 18.3. The maximum atomic E-state index is 12.3. The van der Waals surface area contributed by atoms with Crippen molar-refractivity contribution in [2.75, 3.05) is 32.7 Å². The topological polar surface area (TPSA) is 89.0 Å². The molecule has 0 spiro atoms. The van der Waals surface area contributed by atoms with Crippen molar-refractivity contribution >= 4 is 46.0 Å². The number of ether oxygens (including phenoxy) is 2. The van der Waals surface area contributed by atoms with Crippen molar-refractivity contribution < 1.29 is 19.1 Å². The molecule has 1 atom stereocenters. The highest BCUT2D eigenvalue weighted by Crippen LogP contribution is 2.31. The van der Waals surface area contributed by atoms with Crippen LogP contribution in [0, 0.1) is 6.92 Å². The van der Waals surface area contributed by atoms with Gasteiger partial charge in [-0.15, -0.1) is 0 Å². The minimum atomic E-state index is -0.513. The molecule has 2 N–H and O–H groups in total. The summed E-state index contributed by atoms with van der Waals surface area (Å²) in [7, 11) is 3.08. The molecule has 1 aliphatic rings. The summed E-state index contributed by atoms with van der Waals surface area (Å²) in [6.45, 7) is 2.76. The molecule has 7 nitrogen and oxygen atoms in total. The second kappa shape index (κ2) is 9.07. The fourth-order valence-corrected chi connectivity index (χ4v) is 3.30. The number of aliphatic imine (C=N–C) groups is 1. The van der Waals surface area contributed by atoms with Gasteiger partial charge in [0, 0.05) is 24.6 Å². The average Bonchev–Trinajstić information content (AvgIpc) is 2.90. The van der Waals surface area contributed by atoms with Crippen molar-refractivity contribution in [1.82, 2.24) is 5.32 Å².